The number of aromatic nitrogens is 1. The van der Waals surface area contributed by atoms with Gasteiger partial charge in [0.25, 0.3) is 0 Å². The summed E-state index contributed by atoms with van der Waals surface area (Å²) in [7, 11) is -1.90. The highest BCUT2D eigenvalue weighted by Gasteiger charge is 2.39. The monoisotopic (exact) mass is 325 g/mol. The van der Waals surface area contributed by atoms with Crippen LogP contribution in [-0.4, -0.2) is 25.7 Å². The minimum atomic E-state index is -1.90. The van der Waals surface area contributed by atoms with E-state index in [-0.39, 0.29) is 11.1 Å². The van der Waals surface area contributed by atoms with Gasteiger partial charge >= 0.3 is 0 Å². The van der Waals surface area contributed by atoms with Gasteiger partial charge in [-0.05, 0) is 43.6 Å². The van der Waals surface area contributed by atoms with E-state index in [0.29, 0.717) is 6.42 Å². The molecule has 21 heavy (non-hydrogen) atoms. The number of rotatable bonds is 6. The molecule has 0 aliphatic heterocycles. The maximum atomic E-state index is 11.0. The summed E-state index contributed by atoms with van der Waals surface area (Å²) < 4.78 is 6.40. The molecule has 0 aliphatic carbocycles. The summed E-state index contributed by atoms with van der Waals surface area (Å²) in [5.41, 5.74) is 2.02. The van der Waals surface area contributed by atoms with Crippen molar-refractivity contribution in [2.75, 3.05) is 0 Å². The number of carbonyl (C=O) groups is 1. The fraction of sp³-hybridized carbons (Fsp3) is 0.625. The molecule has 5 heteroatoms. The molecule has 0 bridgehead atoms. The van der Waals surface area contributed by atoms with Gasteiger partial charge in [0.05, 0.1) is 16.8 Å². The summed E-state index contributed by atoms with van der Waals surface area (Å²) in [4.78, 5) is 15.5. The molecular formula is C16H27NO2SSi. The van der Waals surface area contributed by atoms with Crippen molar-refractivity contribution < 1.29 is 9.22 Å². The Hall–Kier alpha value is -0.783. The highest BCUT2D eigenvalue weighted by Crippen LogP contribution is 2.38. The van der Waals surface area contributed by atoms with Crippen molar-refractivity contribution in [3.8, 4) is 0 Å². The number of aldehydes is 1. The standard InChI is InChI=1S/C16H27NO2SSi/c1-12(10-14-11-20-13(2)17-14)15(8-9-18)19-21(6,7)16(3,4)5/h9-11,15H,8H2,1-7H3/b12-10+/t15-/m1/s1. The number of nitrogens with zero attached hydrogens (tertiary/aromatic N) is 1. The van der Waals surface area contributed by atoms with Crippen molar-refractivity contribution in [1.29, 1.82) is 0 Å². The lowest BCUT2D eigenvalue weighted by molar-refractivity contribution is -0.109. The molecular weight excluding hydrogens is 298 g/mol. The van der Waals surface area contributed by atoms with Gasteiger partial charge in [-0.2, -0.15) is 0 Å². The lowest BCUT2D eigenvalue weighted by Crippen LogP contribution is -2.44. The second kappa shape index (κ2) is 6.98. The topological polar surface area (TPSA) is 39.2 Å². The molecule has 3 nitrogen and oxygen atoms in total. The first-order chi connectivity index (χ1) is 9.56. The fourth-order valence-electron chi connectivity index (χ4n) is 1.72. The number of carbonyl (C=O) groups excluding carboxylic acids is 1. The molecule has 0 radical (unpaired) electrons. The second-order valence-corrected chi connectivity index (χ2v) is 12.8. The van der Waals surface area contributed by atoms with Gasteiger partial charge in [-0.25, -0.2) is 4.98 Å². The summed E-state index contributed by atoms with van der Waals surface area (Å²) in [5.74, 6) is 0. The molecule has 0 saturated carbocycles. The first kappa shape index (κ1) is 18.3. The van der Waals surface area contributed by atoms with Crippen LogP contribution in [0.3, 0.4) is 0 Å². The summed E-state index contributed by atoms with van der Waals surface area (Å²) in [6.45, 7) is 15.1. The van der Waals surface area contributed by atoms with E-state index in [9.17, 15) is 4.79 Å². The Bertz CT molecular complexity index is 515. The van der Waals surface area contributed by atoms with E-state index in [4.69, 9.17) is 4.43 Å². The Morgan fingerprint density at radius 2 is 2.10 bits per heavy atom. The fourth-order valence-corrected chi connectivity index (χ4v) is 3.64. The molecule has 0 saturated heterocycles. The third-order valence-electron chi connectivity index (χ3n) is 4.07. The Morgan fingerprint density at radius 3 is 2.52 bits per heavy atom. The highest BCUT2D eigenvalue weighted by molar-refractivity contribution is 7.09. The Morgan fingerprint density at radius 1 is 1.48 bits per heavy atom. The first-order valence-corrected chi connectivity index (χ1v) is 11.1. The lowest BCUT2D eigenvalue weighted by Gasteiger charge is -2.39. The molecule has 0 unspecified atom stereocenters. The van der Waals surface area contributed by atoms with Gasteiger partial charge in [-0.15, -0.1) is 11.3 Å². The van der Waals surface area contributed by atoms with Crippen LogP contribution in [0.25, 0.3) is 6.08 Å². The van der Waals surface area contributed by atoms with Crippen LogP contribution in [-0.2, 0) is 9.22 Å². The number of hydrogen-bond acceptors (Lipinski definition) is 4. The van der Waals surface area contributed by atoms with E-state index in [1.807, 2.05) is 25.3 Å². The molecule has 1 aromatic heterocycles. The van der Waals surface area contributed by atoms with E-state index < -0.39 is 8.32 Å². The van der Waals surface area contributed by atoms with Gasteiger partial charge in [0.1, 0.15) is 6.29 Å². The van der Waals surface area contributed by atoms with Crippen LogP contribution in [0.4, 0.5) is 0 Å². The third kappa shape index (κ3) is 5.16. The zero-order valence-corrected chi connectivity index (χ0v) is 16.0. The van der Waals surface area contributed by atoms with Crippen LogP contribution in [0.5, 0.6) is 0 Å². The maximum absolute atomic E-state index is 11.0. The number of hydrogen-bond donors (Lipinski definition) is 0. The zero-order valence-electron chi connectivity index (χ0n) is 14.2. The van der Waals surface area contributed by atoms with Gasteiger partial charge < -0.3 is 9.22 Å². The predicted octanol–water partition coefficient (Wildman–Crippen LogP) is 4.83. The van der Waals surface area contributed by atoms with E-state index in [2.05, 4.69) is 38.8 Å². The van der Waals surface area contributed by atoms with Gasteiger partial charge in [0.15, 0.2) is 8.32 Å². The quantitative estimate of drug-likeness (QED) is 0.555. The van der Waals surface area contributed by atoms with E-state index in [0.717, 1.165) is 22.6 Å². The van der Waals surface area contributed by atoms with Gasteiger partial charge in [0.2, 0.25) is 0 Å². The summed E-state index contributed by atoms with van der Waals surface area (Å²) in [5, 5.41) is 3.21. The molecule has 0 fully saturated rings. The van der Waals surface area contributed by atoms with Crippen molar-refractivity contribution in [1.82, 2.24) is 4.98 Å². The highest BCUT2D eigenvalue weighted by atomic mass is 32.1. The lowest BCUT2D eigenvalue weighted by atomic mass is 10.1. The Balaban J connectivity index is 2.96. The number of thiazole rings is 1. The van der Waals surface area contributed by atoms with Crippen molar-refractivity contribution in [2.45, 2.75) is 65.3 Å². The smallest absolute Gasteiger partial charge is 0.192 e. The SMILES string of the molecule is C/C(=C\c1csc(C)n1)[C@@H](CC=O)O[Si](C)(C)C(C)(C)C. The van der Waals surface area contributed by atoms with Crippen molar-refractivity contribution in [3.05, 3.63) is 21.7 Å². The van der Waals surface area contributed by atoms with Crippen molar-refractivity contribution in [3.63, 3.8) is 0 Å². The third-order valence-corrected chi connectivity index (χ3v) is 9.35. The predicted molar refractivity (Wildman–Crippen MR) is 93.3 cm³/mol. The van der Waals surface area contributed by atoms with Crippen LogP contribution >= 0.6 is 11.3 Å². The average molecular weight is 326 g/mol. The van der Waals surface area contributed by atoms with Crippen LogP contribution in [0.1, 0.15) is 44.8 Å². The molecule has 0 aliphatic rings. The average Bonchev–Trinajstić information content (AvgIpc) is 2.72. The second-order valence-electron chi connectivity index (χ2n) is 6.95. The van der Waals surface area contributed by atoms with Crippen LogP contribution in [0.2, 0.25) is 18.1 Å². The molecule has 1 rings (SSSR count). The van der Waals surface area contributed by atoms with Crippen LogP contribution < -0.4 is 0 Å². The summed E-state index contributed by atoms with van der Waals surface area (Å²) in [6, 6.07) is 0. The largest absolute Gasteiger partial charge is 0.410 e. The van der Waals surface area contributed by atoms with Crippen LogP contribution in [0, 0.1) is 6.92 Å². The van der Waals surface area contributed by atoms with E-state index in [1.54, 1.807) is 11.3 Å². The summed E-state index contributed by atoms with van der Waals surface area (Å²) >= 11 is 1.63. The van der Waals surface area contributed by atoms with Crippen molar-refractivity contribution >= 4 is 32.0 Å². The Kier molecular flexibility index (Phi) is 6.08. The minimum absolute atomic E-state index is 0.131. The molecule has 0 aromatic carbocycles. The molecule has 0 N–H and O–H groups in total. The molecule has 1 atom stereocenters. The first-order valence-electron chi connectivity index (χ1n) is 7.28. The molecule has 1 heterocycles. The zero-order chi connectivity index (χ0) is 16.3. The van der Waals surface area contributed by atoms with E-state index in [1.165, 1.54) is 0 Å². The molecule has 0 amide bonds. The molecule has 118 valence electrons. The summed E-state index contributed by atoms with van der Waals surface area (Å²) in [6.07, 6.45) is 3.23. The van der Waals surface area contributed by atoms with Gasteiger partial charge in [-0.1, -0.05) is 20.8 Å². The molecule has 0 spiro atoms. The van der Waals surface area contributed by atoms with Gasteiger partial charge in [-0.3, -0.25) is 0 Å². The Labute approximate surface area is 133 Å². The van der Waals surface area contributed by atoms with Crippen molar-refractivity contribution in [2.24, 2.45) is 0 Å². The minimum Gasteiger partial charge on any atom is -0.410 e. The van der Waals surface area contributed by atoms with Gasteiger partial charge in [0, 0.05) is 11.8 Å². The van der Waals surface area contributed by atoms with Crippen LogP contribution in [0.15, 0.2) is 11.0 Å². The van der Waals surface area contributed by atoms with E-state index >= 15 is 0 Å². The normalized spacial score (nSPS) is 15.1. The maximum Gasteiger partial charge on any atom is 0.192 e. The number of aryl methyl sites for hydroxylation is 1. The molecule has 1 aromatic rings.